The van der Waals surface area contributed by atoms with Crippen molar-refractivity contribution < 1.29 is 112 Å². The number of hydrogen-bond acceptors (Lipinski definition) is 23. The number of aromatic hydroxyl groups is 1. The van der Waals surface area contributed by atoms with Crippen LogP contribution in [0.15, 0.2) is 85.1 Å². The molecule has 1 aliphatic heterocycles. The number of carboxylic acid groups (broad SMARTS) is 4. The van der Waals surface area contributed by atoms with Crippen molar-refractivity contribution >= 4 is 117 Å². The smallest absolute Gasteiger partial charge is 0.317 e. The van der Waals surface area contributed by atoms with Crippen LogP contribution in [0.25, 0.3) is 10.9 Å². The van der Waals surface area contributed by atoms with Gasteiger partial charge in [0.1, 0.15) is 60.1 Å². The zero-order valence-electron chi connectivity index (χ0n) is 64.8. The summed E-state index contributed by atoms with van der Waals surface area (Å²) in [7, 11) is 0. The fourth-order valence-corrected chi connectivity index (χ4v) is 12.4. The molecule has 42 nitrogen and oxygen atoms in total. The highest BCUT2D eigenvalue weighted by Crippen LogP contribution is 2.21. The van der Waals surface area contributed by atoms with Crippen LogP contribution in [0.4, 0.5) is 0 Å². The van der Waals surface area contributed by atoms with Gasteiger partial charge >= 0.3 is 23.9 Å². The number of rotatable bonds is 48. The highest BCUT2D eigenvalue weighted by molar-refractivity contribution is 6.00. The average Bonchev–Trinajstić information content (AvgIpc) is 1.67. The molecule has 42 heteroatoms. The molecule has 1 saturated heterocycles. The van der Waals surface area contributed by atoms with Gasteiger partial charge in [-0.2, -0.15) is 0 Å². The molecule has 1 aromatic heterocycles. The topological polar surface area (TPSA) is 662 Å². The minimum atomic E-state index is -1.79. The Morgan fingerprint density at radius 1 is 0.402 bits per heavy atom. The van der Waals surface area contributed by atoms with Crippen LogP contribution < -0.4 is 76.1 Å². The first-order valence-corrected chi connectivity index (χ1v) is 37.7. The summed E-state index contributed by atoms with van der Waals surface area (Å²) in [6.45, 7) is 0.445. The second kappa shape index (κ2) is 48.5. The SMILES string of the molecule is CCCC[C@H](NC(=O)[C@H](Cc1c[nH]c2ccccc12)NC(=O)CNC(=O)[C@H](Cc1ccc(O)cc1)NC(=O)[C@H](C)NC(=O)[C@@H](CCC(N)=O)NC(=O)[C@@H](CCC(N)=O)NC(=O)[C@@H](CCC(N)=O)NC(=O)CN1CCN(CC(=O)O)CCN(CC(=O)O)CCN(CC(=O)O)CC1)C(=O)N[C@@H](CC(=O)O)C(=O)N[C@@H](Cc1ccccc1)C(N)=O. The average molecular weight is 1640 g/mol. The van der Waals surface area contributed by atoms with E-state index in [2.05, 4.69) is 58.2 Å². The Morgan fingerprint density at radius 2 is 0.786 bits per heavy atom. The summed E-state index contributed by atoms with van der Waals surface area (Å²) < 4.78 is 0. The Labute approximate surface area is 671 Å². The van der Waals surface area contributed by atoms with Crippen LogP contribution in [0.1, 0.15) is 94.7 Å². The van der Waals surface area contributed by atoms with Crippen molar-refractivity contribution in [2.45, 2.75) is 152 Å². The number of benzene rings is 3. The van der Waals surface area contributed by atoms with Crippen molar-refractivity contribution in [2.24, 2.45) is 22.9 Å². The molecule has 117 heavy (non-hydrogen) atoms. The van der Waals surface area contributed by atoms with E-state index in [9.17, 15) is 112 Å². The number of unbranched alkanes of at least 4 members (excludes halogenated alkanes) is 1. The van der Waals surface area contributed by atoms with Crippen LogP contribution >= 0.6 is 0 Å². The van der Waals surface area contributed by atoms with E-state index in [1.165, 1.54) is 43.9 Å². The van der Waals surface area contributed by atoms with Gasteiger partial charge in [-0.3, -0.25) is 106 Å². The summed E-state index contributed by atoms with van der Waals surface area (Å²) >= 11 is 0. The van der Waals surface area contributed by atoms with E-state index in [4.69, 9.17) is 22.9 Å². The maximum atomic E-state index is 14.6. The number of carbonyl (C=O) groups excluding carboxylic acids is 14. The van der Waals surface area contributed by atoms with Gasteiger partial charge in [-0.1, -0.05) is 80.4 Å². The molecule has 4 aromatic rings. The molecule has 0 saturated carbocycles. The highest BCUT2D eigenvalue weighted by atomic mass is 16.4. The lowest BCUT2D eigenvalue weighted by molar-refractivity contribution is -0.141. The molecule has 638 valence electrons. The monoisotopic (exact) mass is 1640 g/mol. The van der Waals surface area contributed by atoms with E-state index < -0.39 is 239 Å². The number of H-pyrrole nitrogens is 1. The third-order valence-corrected chi connectivity index (χ3v) is 18.7. The molecule has 2 heterocycles. The molecule has 1 aliphatic rings. The van der Waals surface area contributed by atoms with E-state index in [0.717, 1.165) is 6.92 Å². The summed E-state index contributed by atoms with van der Waals surface area (Å²) in [4.78, 5) is 248. The Balaban J connectivity index is 1.33. The predicted molar refractivity (Wildman–Crippen MR) is 415 cm³/mol. The number of primary amides is 4. The summed E-state index contributed by atoms with van der Waals surface area (Å²) in [5, 5.41) is 74.0. The number of fused-ring (bicyclic) bond motifs is 1. The van der Waals surface area contributed by atoms with Crippen LogP contribution in [0.2, 0.25) is 0 Å². The first-order chi connectivity index (χ1) is 55.4. The van der Waals surface area contributed by atoms with E-state index in [1.807, 2.05) is 0 Å². The second-order valence-electron chi connectivity index (χ2n) is 28.1. The van der Waals surface area contributed by atoms with Gasteiger partial charge in [0.2, 0.25) is 82.7 Å². The number of nitrogens with two attached hydrogens (primary N) is 4. The Kier molecular flexibility index (Phi) is 39.3. The summed E-state index contributed by atoms with van der Waals surface area (Å²) in [6, 6.07) is 6.17. The summed E-state index contributed by atoms with van der Waals surface area (Å²) in [5.41, 5.74) is 24.1. The number of hydrogen-bond donors (Lipinski definition) is 20. The second-order valence-corrected chi connectivity index (χ2v) is 28.1. The molecule has 0 aliphatic carbocycles. The van der Waals surface area contributed by atoms with Crippen molar-refractivity contribution in [3.63, 3.8) is 0 Å². The number of nitrogens with zero attached hydrogens (tertiary/aromatic N) is 4. The van der Waals surface area contributed by atoms with Crippen LogP contribution in [-0.4, -0.2) is 296 Å². The third kappa shape index (κ3) is 35.3. The number of amides is 14. The maximum Gasteiger partial charge on any atom is 0.317 e. The quantitative estimate of drug-likeness (QED) is 0.0196. The molecule has 9 atom stereocenters. The van der Waals surface area contributed by atoms with E-state index in [-0.39, 0.29) is 83.8 Å². The summed E-state index contributed by atoms with van der Waals surface area (Å²) in [5.74, 6) is -19.6. The molecule has 0 bridgehead atoms. The fourth-order valence-electron chi connectivity index (χ4n) is 12.4. The minimum Gasteiger partial charge on any atom is -0.508 e. The zero-order valence-corrected chi connectivity index (χ0v) is 64.8. The lowest BCUT2D eigenvalue weighted by Gasteiger charge is -2.33. The lowest BCUT2D eigenvalue weighted by Crippen LogP contribution is -2.59. The van der Waals surface area contributed by atoms with Crippen molar-refractivity contribution in [3.8, 4) is 5.75 Å². The molecular weight excluding hydrogens is 1530 g/mol. The molecule has 3 aromatic carbocycles. The number of phenolic OH excluding ortho intramolecular Hbond substituents is 1. The Hall–Kier alpha value is -12.7. The maximum absolute atomic E-state index is 14.6. The fraction of sp³-hybridized carbons (Fsp3) is 0.493. The van der Waals surface area contributed by atoms with Crippen molar-refractivity contribution in [3.05, 3.63) is 102 Å². The van der Waals surface area contributed by atoms with Gasteiger partial charge in [-0.15, -0.1) is 0 Å². The molecule has 5 rings (SSSR count). The Bertz CT molecular complexity index is 4120. The van der Waals surface area contributed by atoms with Gasteiger partial charge < -0.3 is 107 Å². The number of para-hydroxylation sites is 1. The highest BCUT2D eigenvalue weighted by Gasteiger charge is 2.36. The number of nitrogens with one attached hydrogen (secondary N) is 11. The van der Waals surface area contributed by atoms with Gasteiger partial charge in [0.05, 0.1) is 39.1 Å². The lowest BCUT2D eigenvalue weighted by atomic mass is 10.0. The van der Waals surface area contributed by atoms with Gasteiger partial charge in [0.15, 0.2) is 0 Å². The van der Waals surface area contributed by atoms with E-state index in [1.54, 1.807) is 67.7 Å². The zero-order chi connectivity index (χ0) is 86.4. The molecular formula is C75H105N19O23. The van der Waals surface area contributed by atoms with Gasteiger partial charge in [0, 0.05) is 108 Å². The number of aliphatic carboxylic acids is 4. The first kappa shape index (κ1) is 94.9. The number of phenols is 1. The van der Waals surface area contributed by atoms with E-state index >= 15 is 0 Å². The first-order valence-electron chi connectivity index (χ1n) is 37.7. The van der Waals surface area contributed by atoms with Crippen LogP contribution in [0.3, 0.4) is 0 Å². The van der Waals surface area contributed by atoms with Crippen LogP contribution in [-0.2, 0) is 106 Å². The Morgan fingerprint density at radius 3 is 1.26 bits per heavy atom. The molecule has 24 N–H and O–H groups in total. The largest absolute Gasteiger partial charge is 0.508 e. The summed E-state index contributed by atoms with van der Waals surface area (Å²) in [6.07, 6.45) is -2.61. The van der Waals surface area contributed by atoms with Crippen molar-refractivity contribution in [1.29, 1.82) is 0 Å². The molecule has 0 spiro atoms. The molecule has 14 amide bonds. The molecule has 0 radical (unpaired) electrons. The number of aromatic nitrogens is 1. The van der Waals surface area contributed by atoms with Crippen molar-refractivity contribution in [2.75, 3.05) is 85.1 Å². The number of aromatic amines is 1. The minimum absolute atomic E-state index is 0.00731. The normalized spacial score (nSPS) is 15.4. The van der Waals surface area contributed by atoms with Gasteiger partial charge in [0.25, 0.3) is 0 Å². The molecule has 1 fully saturated rings. The van der Waals surface area contributed by atoms with Crippen LogP contribution in [0.5, 0.6) is 5.75 Å². The van der Waals surface area contributed by atoms with Gasteiger partial charge in [-0.05, 0) is 67.5 Å². The van der Waals surface area contributed by atoms with E-state index in [0.29, 0.717) is 40.4 Å². The van der Waals surface area contributed by atoms with Crippen LogP contribution in [0, 0.1) is 0 Å². The van der Waals surface area contributed by atoms with Gasteiger partial charge in [-0.25, -0.2) is 0 Å². The van der Waals surface area contributed by atoms with Crippen molar-refractivity contribution in [1.82, 2.24) is 77.8 Å². The third-order valence-electron chi connectivity index (χ3n) is 18.7. The standard InChI is InChI=1S/C75H105N19O23/c1-3-4-13-50(71(113)90-57(36-63(101)102)75(117)88-54(67(79)109)33-44-10-6-5-7-11-44)85-74(116)56(35-46-37-80-49-14-9-8-12-48(46)49)84-61(99)38-81-69(111)55(34-45-15-17-47(95)18-16-45)89-68(110)43(2)82-70(112)52(20-23-59(77)97)86-73(115)53(21-24-60(78)98)87-72(114)51(19-22-58(76)96)83-62(100)39-91-25-27-92(40-64(103)104)29-31-94(42-66(107)108)32-30-93(28-26-91)41-65(105)106/h5-12,14-18,37,43,50-57,80,95H,3-4,13,19-36,38-42H2,1-2H3,(H2,76,96)(H2,77,97)(H2,78,98)(H2,79,109)(H,81,111)(H,82,112)(H,83,100)(H,84,99)(H,85,116)(H,86,115)(H,87,114)(H,88,117)(H,89,110)(H,90,113)(H,101,102)(H,103,104)(H,105,106)(H,107,108)/t43-,50-,51+,52+,53+,54-,55-,56-,57-/m0/s1. The predicted octanol–water partition coefficient (Wildman–Crippen LogP) is -6.18. The number of carbonyl (C=O) groups is 18. The number of carboxylic acids is 4. The molecule has 0 unspecified atom stereocenters.